The maximum absolute atomic E-state index is 11.3. The zero-order valence-electron chi connectivity index (χ0n) is 10.8. The Hall–Kier alpha value is -0.280. The second kappa shape index (κ2) is 5.37. The number of methoxy groups -OCH3 is 1. The number of rotatable bonds is 4. The number of carbonyl (C=O) groups is 1. The molecule has 95 valence electrons. The first kappa shape index (κ1) is 15.7. The second-order valence-corrected chi connectivity index (χ2v) is 10.6. The molecule has 0 fully saturated rings. The molecule has 0 radical (unpaired) electrons. The fourth-order valence-corrected chi connectivity index (χ4v) is 2.13. The molecule has 0 aliphatic carbocycles. The molecule has 0 aromatic heterocycles. The number of hydrogen-bond donors (Lipinski definition) is 0. The molecule has 16 heavy (non-hydrogen) atoms. The van der Waals surface area contributed by atoms with Gasteiger partial charge < -0.3 is 0 Å². The van der Waals surface area contributed by atoms with Gasteiger partial charge in [-0.25, -0.2) is 0 Å². The summed E-state index contributed by atoms with van der Waals surface area (Å²) in [6.07, 6.45) is 0. The summed E-state index contributed by atoms with van der Waals surface area (Å²) in [5, 5.41) is 0.0774. The van der Waals surface area contributed by atoms with Gasteiger partial charge in [-0.05, 0) is 0 Å². The van der Waals surface area contributed by atoms with Crippen molar-refractivity contribution in [3.05, 3.63) is 12.3 Å². The summed E-state index contributed by atoms with van der Waals surface area (Å²) >= 11 is 2.52. The van der Waals surface area contributed by atoms with Gasteiger partial charge in [0, 0.05) is 0 Å². The van der Waals surface area contributed by atoms with E-state index in [9.17, 15) is 4.79 Å². The van der Waals surface area contributed by atoms with Gasteiger partial charge in [-0.2, -0.15) is 0 Å². The number of ether oxygens (including phenoxy) is 1. The van der Waals surface area contributed by atoms with Gasteiger partial charge >= 0.3 is 109 Å². The van der Waals surface area contributed by atoms with Crippen molar-refractivity contribution in [3.63, 3.8) is 0 Å². The van der Waals surface area contributed by atoms with Crippen LogP contribution < -0.4 is 0 Å². The summed E-state index contributed by atoms with van der Waals surface area (Å²) in [5.74, 6) is -0.0541. The van der Waals surface area contributed by atoms with Gasteiger partial charge in [0.2, 0.25) is 0 Å². The first-order chi connectivity index (χ1) is 7.03. The molecule has 3 nitrogen and oxygen atoms in total. The molecule has 0 atom stereocenters. The third-order valence-corrected chi connectivity index (χ3v) is 7.93. The normalized spacial score (nSPS) is 11.9. The molecule has 0 unspecified atom stereocenters. The fraction of sp³-hybridized carbons (Fsp3) is 0.636. The van der Waals surface area contributed by atoms with Gasteiger partial charge in [-0.15, -0.1) is 0 Å². The van der Waals surface area contributed by atoms with Crippen LogP contribution in [-0.2, 0) is 31.8 Å². The SMILES string of the molecule is C=C(O[Si](C)(C)C(C)(C)C)[C](=[Rh])C(=O)OC. The minimum absolute atomic E-state index is 0.0774. The van der Waals surface area contributed by atoms with Crippen LogP contribution in [0.3, 0.4) is 0 Å². The number of carbonyl (C=O) groups excluding carboxylic acids is 1. The van der Waals surface area contributed by atoms with E-state index < -0.39 is 14.3 Å². The van der Waals surface area contributed by atoms with Gasteiger partial charge in [0.25, 0.3) is 0 Å². The van der Waals surface area contributed by atoms with Gasteiger partial charge in [0.1, 0.15) is 0 Å². The molecule has 0 bridgehead atoms. The Morgan fingerprint density at radius 2 is 1.75 bits per heavy atom. The van der Waals surface area contributed by atoms with Crippen molar-refractivity contribution in [2.45, 2.75) is 38.9 Å². The summed E-state index contributed by atoms with van der Waals surface area (Å²) in [7, 11) is -0.600. The fourth-order valence-electron chi connectivity index (χ4n) is 0.703. The third kappa shape index (κ3) is 3.95. The predicted molar refractivity (Wildman–Crippen MR) is 64.4 cm³/mol. The topological polar surface area (TPSA) is 35.5 Å². The first-order valence-electron chi connectivity index (χ1n) is 4.99. The average molecular weight is 331 g/mol. The summed E-state index contributed by atoms with van der Waals surface area (Å²) in [5.41, 5.74) is 0. The van der Waals surface area contributed by atoms with Crippen molar-refractivity contribution in [1.29, 1.82) is 0 Å². The van der Waals surface area contributed by atoms with Crippen molar-refractivity contribution in [1.82, 2.24) is 0 Å². The third-order valence-electron chi connectivity index (χ3n) is 2.77. The zero-order chi connectivity index (χ0) is 13.1. The van der Waals surface area contributed by atoms with E-state index in [-0.39, 0.29) is 5.04 Å². The summed E-state index contributed by atoms with van der Waals surface area (Å²) in [6.45, 7) is 14.4. The Kier molecular flexibility index (Phi) is 5.27. The van der Waals surface area contributed by atoms with E-state index in [1.807, 2.05) is 0 Å². The molecule has 0 rings (SSSR count). The molecule has 0 N–H and O–H groups in total. The summed E-state index contributed by atoms with van der Waals surface area (Å²) in [6, 6.07) is 0. The van der Waals surface area contributed by atoms with E-state index in [2.05, 4.69) is 63.0 Å². The van der Waals surface area contributed by atoms with Crippen molar-refractivity contribution >= 4 is 18.4 Å². The molecular weight excluding hydrogens is 311 g/mol. The Morgan fingerprint density at radius 3 is 2.06 bits per heavy atom. The molecule has 0 aliphatic rings. The Bertz CT molecular complexity index is 316. The van der Waals surface area contributed by atoms with Crippen LogP contribution in [-0.4, -0.2) is 25.5 Å². The van der Waals surface area contributed by atoms with Crippen molar-refractivity contribution in [2.75, 3.05) is 7.11 Å². The molecule has 0 aliphatic heterocycles. The van der Waals surface area contributed by atoms with Crippen LogP contribution in [0.5, 0.6) is 0 Å². The van der Waals surface area contributed by atoms with Gasteiger partial charge in [-0.1, -0.05) is 0 Å². The van der Waals surface area contributed by atoms with Crippen LogP contribution >= 0.6 is 0 Å². The first-order valence-corrected chi connectivity index (χ1v) is 8.72. The molecule has 0 amide bonds. The van der Waals surface area contributed by atoms with Crippen molar-refractivity contribution in [3.8, 4) is 0 Å². The van der Waals surface area contributed by atoms with E-state index in [4.69, 9.17) is 4.43 Å². The number of hydrogen-bond acceptors (Lipinski definition) is 3. The van der Waals surface area contributed by atoms with Crippen LogP contribution in [0.2, 0.25) is 18.1 Å². The maximum atomic E-state index is 11.3. The van der Waals surface area contributed by atoms with E-state index in [0.717, 1.165) is 0 Å². The van der Waals surface area contributed by atoms with Gasteiger partial charge in [-0.3, -0.25) is 0 Å². The molecule has 5 heteroatoms. The quantitative estimate of drug-likeness (QED) is 0.451. The zero-order valence-corrected chi connectivity index (χ0v) is 13.4. The molecule has 0 spiro atoms. The summed E-state index contributed by atoms with van der Waals surface area (Å²) < 4.78 is 10.8. The van der Waals surface area contributed by atoms with Crippen LogP contribution in [0.1, 0.15) is 20.8 Å². The van der Waals surface area contributed by atoms with Crippen LogP contribution in [0.4, 0.5) is 0 Å². The van der Waals surface area contributed by atoms with Crippen LogP contribution in [0.15, 0.2) is 12.3 Å². The Morgan fingerprint density at radius 1 is 1.31 bits per heavy atom. The molecule has 0 aromatic carbocycles. The monoisotopic (exact) mass is 331 g/mol. The van der Waals surface area contributed by atoms with Crippen molar-refractivity contribution < 1.29 is 31.8 Å². The van der Waals surface area contributed by atoms with Crippen LogP contribution in [0.25, 0.3) is 0 Å². The Labute approximate surface area is 109 Å². The van der Waals surface area contributed by atoms with Crippen LogP contribution in [0, 0.1) is 0 Å². The summed E-state index contributed by atoms with van der Waals surface area (Å²) in [4.78, 5) is 11.3. The number of esters is 1. The van der Waals surface area contributed by atoms with E-state index >= 15 is 0 Å². The molecule has 0 saturated carbocycles. The molecular formula is C11H20O3RhSi. The van der Waals surface area contributed by atoms with E-state index in [0.29, 0.717) is 9.87 Å². The standard InChI is InChI=1S/C11H20O3Si.Rh/c1-9(8-10(12)13-5)14-15(6,7)11(2,3)4;/h1H2,2-7H3;. The Balaban J connectivity index is 4.71. The predicted octanol–water partition coefficient (Wildman–Crippen LogP) is 2.41. The molecule has 0 heterocycles. The minimum atomic E-state index is -1.94. The second-order valence-electron chi connectivity index (χ2n) is 5.07. The van der Waals surface area contributed by atoms with E-state index in [1.54, 1.807) is 0 Å². The van der Waals surface area contributed by atoms with Gasteiger partial charge in [0.05, 0.1) is 0 Å². The molecule has 0 aromatic rings. The van der Waals surface area contributed by atoms with Crippen molar-refractivity contribution in [2.24, 2.45) is 0 Å². The van der Waals surface area contributed by atoms with Gasteiger partial charge in [0.15, 0.2) is 0 Å². The molecule has 0 saturated heterocycles. The average Bonchev–Trinajstić information content (AvgIpc) is 2.12. The van der Waals surface area contributed by atoms with E-state index in [1.165, 1.54) is 7.11 Å².